The average Bonchev–Trinajstić information content (AvgIpc) is 2.69. The minimum Gasteiger partial charge on any atom is -0.361 e. The number of carbonyl (C=O) groups is 1. The highest BCUT2D eigenvalue weighted by Gasteiger charge is 2.49. The van der Waals surface area contributed by atoms with Crippen molar-refractivity contribution in [1.82, 2.24) is 0 Å². The standard InChI is InChI=1S/C22H18FNO2/c23-18-13-11-17(12-14-18)20-21(26-15-16-7-3-1-4-8-16)22(25)24(20)19-9-5-2-6-10-19/h1-14,20-21H,15H2. The summed E-state index contributed by atoms with van der Waals surface area (Å²) < 4.78 is 19.3. The summed E-state index contributed by atoms with van der Waals surface area (Å²) in [6.45, 7) is 0.359. The SMILES string of the molecule is O=C1C(OCc2ccccc2)C(c2ccc(F)cc2)N1c1ccccc1. The molecule has 3 aromatic carbocycles. The molecular formula is C22H18FNO2. The van der Waals surface area contributed by atoms with E-state index < -0.39 is 6.10 Å². The predicted octanol–water partition coefficient (Wildman–Crippen LogP) is 4.50. The van der Waals surface area contributed by atoms with Gasteiger partial charge in [-0.25, -0.2) is 4.39 Å². The van der Waals surface area contributed by atoms with Crippen LogP contribution in [0.1, 0.15) is 17.2 Å². The van der Waals surface area contributed by atoms with Crippen LogP contribution >= 0.6 is 0 Å². The molecule has 3 nitrogen and oxygen atoms in total. The third-order valence-corrected chi connectivity index (χ3v) is 4.56. The summed E-state index contributed by atoms with van der Waals surface area (Å²) in [7, 11) is 0. The Labute approximate surface area is 151 Å². The van der Waals surface area contributed by atoms with Crippen molar-refractivity contribution >= 4 is 11.6 Å². The summed E-state index contributed by atoms with van der Waals surface area (Å²) in [6, 6.07) is 25.2. The number of rotatable bonds is 5. The molecule has 0 saturated carbocycles. The van der Waals surface area contributed by atoms with Crippen molar-refractivity contribution in [1.29, 1.82) is 0 Å². The second kappa shape index (κ2) is 7.10. The zero-order chi connectivity index (χ0) is 17.9. The molecule has 0 aliphatic carbocycles. The van der Waals surface area contributed by atoms with Crippen molar-refractivity contribution in [3.8, 4) is 0 Å². The summed E-state index contributed by atoms with van der Waals surface area (Å²) in [6.07, 6.45) is -0.583. The number of benzene rings is 3. The Morgan fingerprint density at radius 3 is 2.12 bits per heavy atom. The van der Waals surface area contributed by atoms with Crippen LogP contribution in [0.25, 0.3) is 0 Å². The maximum Gasteiger partial charge on any atom is 0.259 e. The molecule has 4 rings (SSSR count). The number of β-lactam (4-membered cyclic amide) rings is 1. The topological polar surface area (TPSA) is 29.5 Å². The lowest BCUT2D eigenvalue weighted by molar-refractivity contribution is -0.143. The minimum absolute atomic E-state index is 0.0820. The van der Waals surface area contributed by atoms with Gasteiger partial charge in [0, 0.05) is 5.69 Å². The van der Waals surface area contributed by atoms with Crippen molar-refractivity contribution in [2.75, 3.05) is 4.90 Å². The number of hydrogen-bond donors (Lipinski definition) is 0. The fourth-order valence-electron chi connectivity index (χ4n) is 3.25. The molecule has 0 radical (unpaired) electrons. The molecule has 1 aliphatic rings. The molecule has 1 amide bonds. The monoisotopic (exact) mass is 347 g/mol. The number of para-hydroxylation sites is 1. The Morgan fingerprint density at radius 2 is 1.46 bits per heavy atom. The van der Waals surface area contributed by atoms with E-state index in [2.05, 4.69) is 0 Å². The molecule has 1 fully saturated rings. The summed E-state index contributed by atoms with van der Waals surface area (Å²) in [5.41, 5.74) is 2.68. The molecule has 3 aromatic rings. The zero-order valence-corrected chi connectivity index (χ0v) is 14.1. The lowest BCUT2D eigenvalue weighted by Crippen LogP contribution is -2.60. The molecule has 0 aromatic heterocycles. The van der Waals surface area contributed by atoms with E-state index >= 15 is 0 Å². The quantitative estimate of drug-likeness (QED) is 0.636. The van der Waals surface area contributed by atoms with Crippen LogP contribution in [0, 0.1) is 5.82 Å². The highest BCUT2D eigenvalue weighted by atomic mass is 19.1. The smallest absolute Gasteiger partial charge is 0.259 e. The van der Waals surface area contributed by atoms with Crippen LogP contribution < -0.4 is 4.90 Å². The van der Waals surface area contributed by atoms with Gasteiger partial charge in [-0.1, -0.05) is 60.7 Å². The molecule has 0 spiro atoms. The maximum absolute atomic E-state index is 13.3. The first-order chi connectivity index (χ1) is 12.7. The molecule has 130 valence electrons. The molecule has 0 N–H and O–H groups in total. The Hall–Kier alpha value is -2.98. The van der Waals surface area contributed by atoms with E-state index in [4.69, 9.17) is 4.74 Å². The van der Waals surface area contributed by atoms with E-state index in [1.165, 1.54) is 12.1 Å². The minimum atomic E-state index is -0.583. The molecule has 0 bridgehead atoms. The highest BCUT2D eigenvalue weighted by Crippen LogP contribution is 2.41. The third-order valence-electron chi connectivity index (χ3n) is 4.56. The Balaban J connectivity index is 1.60. The van der Waals surface area contributed by atoms with Gasteiger partial charge in [-0.3, -0.25) is 9.69 Å². The molecule has 4 heteroatoms. The van der Waals surface area contributed by atoms with Gasteiger partial charge in [-0.15, -0.1) is 0 Å². The Kier molecular flexibility index (Phi) is 4.50. The van der Waals surface area contributed by atoms with E-state index in [0.29, 0.717) is 6.61 Å². The maximum atomic E-state index is 13.3. The lowest BCUT2D eigenvalue weighted by atomic mass is 9.89. The number of ether oxygens (including phenoxy) is 1. The number of anilines is 1. The zero-order valence-electron chi connectivity index (χ0n) is 14.1. The van der Waals surface area contributed by atoms with Gasteiger partial charge >= 0.3 is 0 Å². The molecule has 1 heterocycles. The molecule has 2 unspecified atom stereocenters. The van der Waals surface area contributed by atoms with Crippen molar-refractivity contribution in [3.63, 3.8) is 0 Å². The average molecular weight is 347 g/mol. The molecule has 1 aliphatic heterocycles. The van der Waals surface area contributed by atoms with Crippen LogP contribution in [0.4, 0.5) is 10.1 Å². The van der Waals surface area contributed by atoms with Crippen molar-refractivity contribution in [2.45, 2.75) is 18.8 Å². The summed E-state index contributed by atoms with van der Waals surface area (Å²) >= 11 is 0. The summed E-state index contributed by atoms with van der Waals surface area (Å²) in [5.74, 6) is -0.381. The van der Waals surface area contributed by atoms with E-state index in [1.54, 1.807) is 17.0 Å². The molecule has 26 heavy (non-hydrogen) atoms. The van der Waals surface area contributed by atoms with E-state index in [-0.39, 0.29) is 17.8 Å². The third kappa shape index (κ3) is 3.11. The Bertz CT molecular complexity index is 881. The van der Waals surface area contributed by atoms with Crippen LogP contribution in [-0.4, -0.2) is 12.0 Å². The van der Waals surface area contributed by atoms with Crippen molar-refractivity contribution in [3.05, 3.63) is 102 Å². The van der Waals surface area contributed by atoms with Gasteiger partial charge in [-0.2, -0.15) is 0 Å². The predicted molar refractivity (Wildman–Crippen MR) is 98.1 cm³/mol. The fraction of sp³-hybridized carbons (Fsp3) is 0.136. The van der Waals surface area contributed by atoms with Gasteiger partial charge in [0.1, 0.15) is 5.82 Å². The molecular weight excluding hydrogens is 329 g/mol. The van der Waals surface area contributed by atoms with Gasteiger partial charge < -0.3 is 4.74 Å². The normalized spacial score (nSPS) is 19.3. The number of amides is 1. The van der Waals surface area contributed by atoms with E-state index in [0.717, 1.165) is 16.8 Å². The summed E-state index contributed by atoms with van der Waals surface area (Å²) in [4.78, 5) is 14.5. The number of carbonyl (C=O) groups excluding carboxylic acids is 1. The number of hydrogen-bond acceptors (Lipinski definition) is 2. The van der Waals surface area contributed by atoms with Crippen LogP contribution in [0.5, 0.6) is 0 Å². The van der Waals surface area contributed by atoms with Gasteiger partial charge in [0.15, 0.2) is 6.10 Å². The van der Waals surface area contributed by atoms with Crippen LogP contribution in [-0.2, 0) is 16.1 Å². The molecule has 1 saturated heterocycles. The van der Waals surface area contributed by atoms with Crippen molar-refractivity contribution in [2.24, 2.45) is 0 Å². The van der Waals surface area contributed by atoms with E-state index in [1.807, 2.05) is 60.7 Å². The van der Waals surface area contributed by atoms with E-state index in [9.17, 15) is 9.18 Å². The van der Waals surface area contributed by atoms with Gasteiger partial charge in [0.2, 0.25) is 0 Å². The molecule has 2 atom stereocenters. The number of nitrogens with zero attached hydrogens (tertiary/aromatic N) is 1. The first kappa shape index (κ1) is 16.5. The van der Waals surface area contributed by atoms with Gasteiger partial charge in [0.05, 0.1) is 12.6 Å². The largest absolute Gasteiger partial charge is 0.361 e. The first-order valence-corrected chi connectivity index (χ1v) is 8.53. The van der Waals surface area contributed by atoms with Crippen LogP contribution in [0.15, 0.2) is 84.9 Å². The number of halogens is 1. The summed E-state index contributed by atoms with van der Waals surface area (Å²) in [5, 5.41) is 0. The fourth-order valence-corrected chi connectivity index (χ4v) is 3.25. The van der Waals surface area contributed by atoms with Crippen LogP contribution in [0.2, 0.25) is 0 Å². The van der Waals surface area contributed by atoms with Gasteiger partial charge in [0.25, 0.3) is 5.91 Å². The second-order valence-corrected chi connectivity index (χ2v) is 6.26. The second-order valence-electron chi connectivity index (χ2n) is 6.26. The van der Waals surface area contributed by atoms with Crippen molar-refractivity contribution < 1.29 is 13.9 Å². The first-order valence-electron chi connectivity index (χ1n) is 8.53. The lowest BCUT2D eigenvalue weighted by Gasteiger charge is -2.46. The van der Waals surface area contributed by atoms with Gasteiger partial charge in [-0.05, 0) is 35.4 Å². The Morgan fingerprint density at radius 1 is 0.846 bits per heavy atom. The highest BCUT2D eigenvalue weighted by molar-refractivity contribution is 6.05. The van der Waals surface area contributed by atoms with Crippen LogP contribution in [0.3, 0.4) is 0 Å².